The van der Waals surface area contributed by atoms with Crippen molar-refractivity contribution in [1.82, 2.24) is 9.62 Å². The van der Waals surface area contributed by atoms with Crippen LogP contribution in [0.3, 0.4) is 0 Å². The quantitative estimate of drug-likeness (QED) is 0.667. The highest BCUT2D eigenvalue weighted by molar-refractivity contribution is 7.89. The van der Waals surface area contributed by atoms with Gasteiger partial charge in [-0.15, -0.1) is 0 Å². The van der Waals surface area contributed by atoms with E-state index in [1.165, 1.54) is 23.5 Å². The minimum absolute atomic E-state index is 0.0126. The number of ether oxygens (including phenoxy) is 3. The zero-order chi connectivity index (χ0) is 18.3. The highest BCUT2D eigenvalue weighted by Crippen LogP contribution is 2.28. The standard InChI is InChI=1S/C16H24N2O6S/c1-22-9-3-6-17-16(19)13-4-5-14(23-2)15(12-13)25(20,21)18-7-10-24-11-8-18/h4-5,12H,3,6-11H2,1-2H3,(H,17,19). The molecular formula is C16H24N2O6S. The van der Waals surface area contributed by atoms with Gasteiger partial charge in [-0.2, -0.15) is 4.31 Å². The number of benzene rings is 1. The highest BCUT2D eigenvalue weighted by Gasteiger charge is 2.30. The number of carbonyl (C=O) groups is 1. The molecule has 1 aliphatic heterocycles. The minimum Gasteiger partial charge on any atom is -0.495 e. The minimum atomic E-state index is -3.76. The van der Waals surface area contributed by atoms with Crippen LogP contribution in [0, 0.1) is 0 Å². The lowest BCUT2D eigenvalue weighted by Gasteiger charge is -2.26. The number of nitrogens with one attached hydrogen (secondary N) is 1. The van der Waals surface area contributed by atoms with Crippen LogP contribution in [0.5, 0.6) is 5.75 Å². The molecule has 2 rings (SSSR count). The van der Waals surface area contributed by atoms with E-state index in [1.54, 1.807) is 13.2 Å². The zero-order valence-corrected chi connectivity index (χ0v) is 15.3. The molecule has 0 bridgehead atoms. The Balaban J connectivity index is 2.23. The molecular weight excluding hydrogens is 348 g/mol. The Hall–Kier alpha value is -1.68. The summed E-state index contributed by atoms with van der Waals surface area (Å²) in [5.41, 5.74) is 0.269. The number of amides is 1. The van der Waals surface area contributed by atoms with E-state index in [0.29, 0.717) is 32.8 Å². The number of carbonyl (C=O) groups excluding carboxylic acids is 1. The summed E-state index contributed by atoms with van der Waals surface area (Å²) in [6.07, 6.45) is 0.678. The number of hydrogen-bond donors (Lipinski definition) is 1. The van der Waals surface area contributed by atoms with Gasteiger partial charge in [0.25, 0.3) is 5.91 Å². The van der Waals surface area contributed by atoms with Gasteiger partial charge < -0.3 is 19.5 Å². The summed E-state index contributed by atoms with van der Waals surface area (Å²) in [7, 11) is -0.769. The lowest BCUT2D eigenvalue weighted by Crippen LogP contribution is -2.40. The molecule has 0 spiro atoms. The van der Waals surface area contributed by atoms with E-state index in [2.05, 4.69) is 5.32 Å². The van der Waals surface area contributed by atoms with Gasteiger partial charge in [-0.3, -0.25) is 4.79 Å². The van der Waals surface area contributed by atoms with Crippen LogP contribution in [0.25, 0.3) is 0 Å². The lowest BCUT2D eigenvalue weighted by molar-refractivity contribution is 0.0729. The van der Waals surface area contributed by atoms with Crippen molar-refractivity contribution in [2.45, 2.75) is 11.3 Å². The number of morpholine rings is 1. The Bertz CT molecular complexity index is 686. The van der Waals surface area contributed by atoms with E-state index in [-0.39, 0.29) is 35.2 Å². The second kappa shape index (κ2) is 9.14. The van der Waals surface area contributed by atoms with Crippen LogP contribution in [0.1, 0.15) is 16.8 Å². The van der Waals surface area contributed by atoms with E-state index in [1.807, 2.05) is 0 Å². The fourth-order valence-electron chi connectivity index (χ4n) is 2.47. The largest absolute Gasteiger partial charge is 0.495 e. The summed E-state index contributed by atoms with van der Waals surface area (Å²) in [5.74, 6) is -0.125. The molecule has 140 valence electrons. The Labute approximate surface area is 148 Å². The van der Waals surface area contributed by atoms with E-state index in [4.69, 9.17) is 14.2 Å². The molecule has 1 aromatic carbocycles. The second-order valence-electron chi connectivity index (χ2n) is 5.48. The molecule has 0 radical (unpaired) electrons. The van der Waals surface area contributed by atoms with Crippen LogP contribution in [-0.4, -0.2) is 72.3 Å². The van der Waals surface area contributed by atoms with Crippen molar-refractivity contribution < 1.29 is 27.4 Å². The monoisotopic (exact) mass is 372 g/mol. The molecule has 9 heteroatoms. The molecule has 0 saturated carbocycles. The summed E-state index contributed by atoms with van der Waals surface area (Å²) in [6.45, 7) is 2.24. The Morgan fingerprint density at radius 3 is 2.64 bits per heavy atom. The van der Waals surface area contributed by atoms with Gasteiger partial charge in [0.1, 0.15) is 10.6 Å². The van der Waals surface area contributed by atoms with Gasteiger partial charge >= 0.3 is 0 Å². The lowest BCUT2D eigenvalue weighted by atomic mass is 10.2. The molecule has 0 aromatic heterocycles. The topological polar surface area (TPSA) is 94.2 Å². The molecule has 1 saturated heterocycles. The first-order valence-electron chi connectivity index (χ1n) is 8.03. The first kappa shape index (κ1) is 19.6. The van der Waals surface area contributed by atoms with E-state index in [9.17, 15) is 13.2 Å². The Morgan fingerprint density at radius 2 is 2.00 bits per heavy atom. The molecule has 0 unspecified atom stereocenters. The summed E-state index contributed by atoms with van der Waals surface area (Å²) in [6, 6.07) is 4.40. The van der Waals surface area contributed by atoms with Crippen LogP contribution < -0.4 is 10.1 Å². The molecule has 0 aliphatic carbocycles. The molecule has 1 N–H and O–H groups in total. The van der Waals surface area contributed by atoms with Crippen molar-refractivity contribution in [2.75, 3.05) is 53.7 Å². The van der Waals surface area contributed by atoms with E-state index >= 15 is 0 Å². The van der Waals surface area contributed by atoms with Gasteiger partial charge in [-0.25, -0.2) is 8.42 Å². The predicted molar refractivity (Wildman–Crippen MR) is 91.4 cm³/mol. The number of rotatable bonds is 8. The summed E-state index contributed by atoms with van der Waals surface area (Å²) < 4.78 is 42.4. The van der Waals surface area contributed by atoms with Crippen molar-refractivity contribution in [3.63, 3.8) is 0 Å². The van der Waals surface area contributed by atoms with Crippen molar-refractivity contribution in [1.29, 1.82) is 0 Å². The average molecular weight is 372 g/mol. The van der Waals surface area contributed by atoms with Crippen LogP contribution >= 0.6 is 0 Å². The van der Waals surface area contributed by atoms with E-state index < -0.39 is 10.0 Å². The number of sulfonamides is 1. The normalized spacial score (nSPS) is 15.8. The van der Waals surface area contributed by atoms with Gasteiger partial charge in [-0.1, -0.05) is 0 Å². The predicted octanol–water partition coefficient (Wildman–Crippen LogP) is 0.482. The van der Waals surface area contributed by atoms with Crippen LogP contribution in [0.2, 0.25) is 0 Å². The first-order chi connectivity index (χ1) is 12.0. The maximum Gasteiger partial charge on any atom is 0.251 e. The number of hydrogen-bond acceptors (Lipinski definition) is 6. The number of methoxy groups -OCH3 is 2. The Morgan fingerprint density at radius 1 is 1.28 bits per heavy atom. The smallest absolute Gasteiger partial charge is 0.251 e. The van der Waals surface area contributed by atoms with Gasteiger partial charge in [0, 0.05) is 38.9 Å². The third-order valence-corrected chi connectivity index (χ3v) is 5.74. The molecule has 8 nitrogen and oxygen atoms in total. The highest BCUT2D eigenvalue weighted by atomic mass is 32.2. The molecule has 1 fully saturated rings. The molecule has 1 aromatic rings. The molecule has 1 heterocycles. The SMILES string of the molecule is COCCCNC(=O)c1ccc(OC)c(S(=O)(=O)N2CCOCC2)c1. The van der Waals surface area contributed by atoms with Crippen molar-refractivity contribution in [2.24, 2.45) is 0 Å². The van der Waals surface area contributed by atoms with Crippen molar-refractivity contribution in [3.8, 4) is 5.75 Å². The van der Waals surface area contributed by atoms with E-state index in [0.717, 1.165) is 0 Å². The maximum absolute atomic E-state index is 12.9. The number of nitrogens with zero attached hydrogens (tertiary/aromatic N) is 1. The Kier molecular flexibility index (Phi) is 7.18. The second-order valence-corrected chi connectivity index (χ2v) is 7.39. The van der Waals surface area contributed by atoms with Crippen LogP contribution in [-0.2, 0) is 19.5 Å². The first-order valence-corrected chi connectivity index (χ1v) is 9.47. The van der Waals surface area contributed by atoms with Crippen molar-refractivity contribution in [3.05, 3.63) is 23.8 Å². The van der Waals surface area contributed by atoms with Crippen LogP contribution in [0.4, 0.5) is 0 Å². The summed E-state index contributed by atoms with van der Waals surface area (Å²) in [4.78, 5) is 12.2. The molecule has 25 heavy (non-hydrogen) atoms. The van der Waals surface area contributed by atoms with Gasteiger partial charge in [0.15, 0.2) is 0 Å². The van der Waals surface area contributed by atoms with Crippen molar-refractivity contribution >= 4 is 15.9 Å². The maximum atomic E-state index is 12.9. The zero-order valence-electron chi connectivity index (χ0n) is 14.5. The molecule has 1 amide bonds. The fourth-order valence-corrected chi connectivity index (χ4v) is 4.06. The van der Waals surface area contributed by atoms with Gasteiger partial charge in [-0.05, 0) is 24.6 Å². The van der Waals surface area contributed by atoms with Gasteiger partial charge in [0.05, 0.1) is 20.3 Å². The molecule has 0 atom stereocenters. The average Bonchev–Trinajstić information content (AvgIpc) is 2.65. The van der Waals surface area contributed by atoms with Crippen LogP contribution in [0.15, 0.2) is 23.1 Å². The van der Waals surface area contributed by atoms with Gasteiger partial charge in [0.2, 0.25) is 10.0 Å². The summed E-state index contributed by atoms with van der Waals surface area (Å²) >= 11 is 0. The summed E-state index contributed by atoms with van der Waals surface area (Å²) in [5, 5.41) is 2.74. The third-order valence-electron chi connectivity index (χ3n) is 3.82. The third kappa shape index (κ3) is 4.91. The fraction of sp³-hybridized carbons (Fsp3) is 0.562. The molecule has 1 aliphatic rings.